The number of nitrogens with zero attached hydrogens (tertiary/aromatic N) is 2. The predicted octanol–water partition coefficient (Wildman–Crippen LogP) is 3.00. The average Bonchev–Trinajstić information content (AvgIpc) is 2.59. The summed E-state index contributed by atoms with van der Waals surface area (Å²) < 4.78 is 41.9. The van der Waals surface area contributed by atoms with Gasteiger partial charge in [-0.1, -0.05) is 12.1 Å². The molecule has 0 saturated heterocycles. The molecule has 1 aromatic heterocycles. The minimum Gasteiger partial charge on any atom is -0.406 e. The van der Waals surface area contributed by atoms with Gasteiger partial charge in [0.1, 0.15) is 5.75 Å². The standard InChI is InChI=1S/C17H15F3N4O2/c18-17(19,20)26-12-7-5-11(6-8-12)22-16-23-14-4-2-1-3-13(14)15(25)24(16)10-9-21/h1-8H,9-10,21H2,(H,22,23). The normalized spacial score (nSPS) is 11.5. The number of para-hydroxylation sites is 1. The number of nitrogens with one attached hydrogen (secondary N) is 1. The molecule has 0 atom stereocenters. The van der Waals surface area contributed by atoms with Crippen LogP contribution in [0, 0.1) is 0 Å². The molecule has 0 unspecified atom stereocenters. The molecule has 6 nitrogen and oxygen atoms in total. The van der Waals surface area contributed by atoms with Gasteiger partial charge in [-0.25, -0.2) is 4.98 Å². The van der Waals surface area contributed by atoms with Crippen molar-refractivity contribution in [2.75, 3.05) is 11.9 Å². The van der Waals surface area contributed by atoms with E-state index < -0.39 is 6.36 Å². The molecule has 136 valence electrons. The minimum atomic E-state index is -4.75. The van der Waals surface area contributed by atoms with Crippen LogP contribution < -0.4 is 21.3 Å². The van der Waals surface area contributed by atoms with Crippen LogP contribution in [0.2, 0.25) is 0 Å². The molecule has 3 rings (SSSR count). The van der Waals surface area contributed by atoms with Crippen LogP contribution in [-0.2, 0) is 6.54 Å². The fraction of sp³-hybridized carbons (Fsp3) is 0.176. The lowest BCUT2D eigenvalue weighted by Crippen LogP contribution is -2.27. The molecule has 0 aliphatic carbocycles. The van der Waals surface area contributed by atoms with Gasteiger partial charge in [0.15, 0.2) is 0 Å². The second kappa shape index (κ2) is 7.04. The highest BCUT2D eigenvalue weighted by molar-refractivity contribution is 5.79. The van der Waals surface area contributed by atoms with E-state index in [4.69, 9.17) is 5.73 Å². The molecule has 3 N–H and O–H groups in total. The maximum absolute atomic E-state index is 12.6. The highest BCUT2D eigenvalue weighted by Crippen LogP contribution is 2.25. The largest absolute Gasteiger partial charge is 0.573 e. The Bertz CT molecular complexity index is 968. The average molecular weight is 364 g/mol. The van der Waals surface area contributed by atoms with Crippen LogP contribution in [0.5, 0.6) is 5.75 Å². The molecule has 0 bridgehead atoms. The number of alkyl halides is 3. The molecule has 1 heterocycles. The molecular formula is C17H15F3N4O2. The van der Waals surface area contributed by atoms with Gasteiger partial charge in [0, 0.05) is 18.8 Å². The van der Waals surface area contributed by atoms with Gasteiger partial charge in [0.25, 0.3) is 5.56 Å². The van der Waals surface area contributed by atoms with Crippen LogP contribution in [0.25, 0.3) is 10.9 Å². The highest BCUT2D eigenvalue weighted by Gasteiger charge is 2.30. The van der Waals surface area contributed by atoms with Crippen molar-refractivity contribution < 1.29 is 17.9 Å². The summed E-state index contributed by atoms with van der Waals surface area (Å²) >= 11 is 0. The molecular weight excluding hydrogens is 349 g/mol. The van der Waals surface area contributed by atoms with Gasteiger partial charge in [0.05, 0.1) is 10.9 Å². The van der Waals surface area contributed by atoms with Crippen molar-refractivity contribution >= 4 is 22.5 Å². The van der Waals surface area contributed by atoms with Gasteiger partial charge in [0.2, 0.25) is 5.95 Å². The second-order valence-corrected chi connectivity index (χ2v) is 5.40. The van der Waals surface area contributed by atoms with Gasteiger partial charge in [-0.3, -0.25) is 9.36 Å². The van der Waals surface area contributed by atoms with Crippen LogP contribution in [0.3, 0.4) is 0 Å². The Labute approximate surface area is 146 Å². The smallest absolute Gasteiger partial charge is 0.406 e. The second-order valence-electron chi connectivity index (χ2n) is 5.40. The van der Waals surface area contributed by atoms with E-state index in [0.717, 1.165) is 0 Å². The molecule has 0 aliphatic rings. The summed E-state index contributed by atoms with van der Waals surface area (Å²) in [6, 6.07) is 12.0. The zero-order valence-corrected chi connectivity index (χ0v) is 13.5. The number of anilines is 2. The summed E-state index contributed by atoms with van der Waals surface area (Å²) in [4.78, 5) is 17.0. The minimum absolute atomic E-state index is 0.229. The van der Waals surface area contributed by atoms with E-state index in [1.807, 2.05) is 0 Å². The van der Waals surface area contributed by atoms with Crippen LogP contribution in [0.15, 0.2) is 53.3 Å². The number of rotatable bonds is 5. The molecule has 0 spiro atoms. The van der Waals surface area contributed by atoms with E-state index in [2.05, 4.69) is 15.0 Å². The van der Waals surface area contributed by atoms with Crippen molar-refractivity contribution in [3.05, 3.63) is 58.9 Å². The van der Waals surface area contributed by atoms with Crippen molar-refractivity contribution in [3.8, 4) is 5.75 Å². The Morgan fingerprint density at radius 1 is 1.12 bits per heavy atom. The van der Waals surface area contributed by atoms with Crippen LogP contribution in [-0.4, -0.2) is 22.5 Å². The number of hydrogen-bond acceptors (Lipinski definition) is 5. The summed E-state index contributed by atoms with van der Waals surface area (Å²) in [5.74, 6) is -0.0856. The third-order valence-corrected chi connectivity index (χ3v) is 3.56. The lowest BCUT2D eigenvalue weighted by molar-refractivity contribution is -0.274. The number of benzene rings is 2. The van der Waals surface area contributed by atoms with E-state index in [1.54, 1.807) is 24.3 Å². The fourth-order valence-corrected chi connectivity index (χ4v) is 2.47. The molecule has 2 aromatic carbocycles. The van der Waals surface area contributed by atoms with Gasteiger partial charge in [-0.2, -0.15) is 0 Å². The molecule has 9 heteroatoms. The topological polar surface area (TPSA) is 82.2 Å². The van der Waals surface area contributed by atoms with Gasteiger partial charge in [-0.15, -0.1) is 13.2 Å². The maximum atomic E-state index is 12.6. The number of ether oxygens (including phenoxy) is 1. The van der Waals surface area contributed by atoms with Gasteiger partial charge >= 0.3 is 6.36 Å². The Balaban J connectivity index is 1.95. The Morgan fingerprint density at radius 2 is 1.81 bits per heavy atom. The molecule has 0 amide bonds. The van der Waals surface area contributed by atoms with Crippen molar-refractivity contribution in [1.82, 2.24) is 9.55 Å². The SMILES string of the molecule is NCCn1c(Nc2ccc(OC(F)(F)F)cc2)nc2ccccc2c1=O. The van der Waals surface area contributed by atoms with E-state index in [-0.39, 0.29) is 30.3 Å². The first-order chi connectivity index (χ1) is 12.4. The van der Waals surface area contributed by atoms with Gasteiger partial charge in [-0.05, 0) is 36.4 Å². The predicted molar refractivity (Wildman–Crippen MR) is 91.5 cm³/mol. The summed E-state index contributed by atoms with van der Waals surface area (Å²) in [6.45, 7) is 0.473. The summed E-state index contributed by atoms with van der Waals surface area (Å²) in [5.41, 5.74) is 6.28. The van der Waals surface area contributed by atoms with E-state index in [0.29, 0.717) is 16.6 Å². The van der Waals surface area contributed by atoms with Crippen LogP contribution in [0.1, 0.15) is 0 Å². The first kappa shape index (κ1) is 17.7. The molecule has 3 aromatic rings. The zero-order valence-electron chi connectivity index (χ0n) is 13.5. The molecule has 0 aliphatic heterocycles. The summed E-state index contributed by atoms with van der Waals surface area (Å²) in [7, 11) is 0. The fourth-order valence-electron chi connectivity index (χ4n) is 2.47. The van der Waals surface area contributed by atoms with Crippen molar-refractivity contribution in [1.29, 1.82) is 0 Å². The van der Waals surface area contributed by atoms with Crippen LogP contribution in [0.4, 0.5) is 24.8 Å². The lowest BCUT2D eigenvalue weighted by atomic mass is 10.2. The number of nitrogens with two attached hydrogens (primary N) is 1. The monoisotopic (exact) mass is 364 g/mol. The summed E-state index contributed by atoms with van der Waals surface area (Å²) in [6.07, 6.45) is -4.75. The van der Waals surface area contributed by atoms with Crippen LogP contribution >= 0.6 is 0 Å². The van der Waals surface area contributed by atoms with Crippen molar-refractivity contribution in [2.24, 2.45) is 5.73 Å². The van der Waals surface area contributed by atoms with E-state index in [9.17, 15) is 18.0 Å². The van der Waals surface area contributed by atoms with E-state index in [1.165, 1.54) is 28.8 Å². The third-order valence-electron chi connectivity index (χ3n) is 3.56. The number of halogens is 3. The van der Waals surface area contributed by atoms with Crippen molar-refractivity contribution in [3.63, 3.8) is 0 Å². The molecule has 0 radical (unpaired) electrons. The summed E-state index contributed by atoms with van der Waals surface area (Å²) in [5, 5.41) is 3.40. The zero-order chi connectivity index (χ0) is 18.7. The lowest BCUT2D eigenvalue weighted by Gasteiger charge is -2.15. The van der Waals surface area contributed by atoms with Gasteiger partial charge < -0.3 is 15.8 Å². The van der Waals surface area contributed by atoms with Crippen molar-refractivity contribution in [2.45, 2.75) is 12.9 Å². The quantitative estimate of drug-likeness (QED) is 0.727. The Morgan fingerprint density at radius 3 is 2.46 bits per heavy atom. The Kier molecular flexibility index (Phi) is 4.81. The molecule has 26 heavy (non-hydrogen) atoms. The number of hydrogen-bond donors (Lipinski definition) is 2. The third kappa shape index (κ3) is 3.94. The number of aromatic nitrogens is 2. The maximum Gasteiger partial charge on any atom is 0.573 e. The molecule has 0 fully saturated rings. The highest BCUT2D eigenvalue weighted by atomic mass is 19.4. The first-order valence-electron chi connectivity index (χ1n) is 7.70. The molecule has 0 saturated carbocycles. The first-order valence-corrected chi connectivity index (χ1v) is 7.70. The number of fused-ring (bicyclic) bond motifs is 1. The van der Waals surface area contributed by atoms with E-state index >= 15 is 0 Å². The Hall–Kier alpha value is -3.07.